The summed E-state index contributed by atoms with van der Waals surface area (Å²) in [5.41, 5.74) is 4.79. The summed E-state index contributed by atoms with van der Waals surface area (Å²) in [6, 6.07) is 16.1. The highest BCUT2D eigenvalue weighted by molar-refractivity contribution is 9.10. The van der Waals surface area contributed by atoms with E-state index in [2.05, 4.69) is 21.2 Å². The van der Waals surface area contributed by atoms with Crippen LogP contribution in [0.3, 0.4) is 0 Å². The van der Waals surface area contributed by atoms with Gasteiger partial charge in [-0.3, -0.25) is 0 Å². The third-order valence-corrected chi connectivity index (χ3v) is 2.81. The van der Waals surface area contributed by atoms with Gasteiger partial charge in [-0.2, -0.15) is 5.48 Å². The van der Waals surface area contributed by atoms with Gasteiger partial charge in [0.25, 0.3) is 0 Å². The molecule has 0 aliphatic carbocycles. The lowest BCUT2D eigenvalue weighted by Crippen LogP contribution is -2.76. The highest BCUT2D eigenvalue weighted by atomic mass is 79.9. The van der Waals surface area contributed by atoms with Crippen LogP contribution in [0.4, 0.5) is 17.1 Å². The second-order valence-electron chi connectivity index (χ2n) is 3.58. The molecule has 2 rings (SSSR count). The fourth-order valence-corrected chi connectivity index (χ4v) is 1.90. The molecule has 0 aromatic heterocycles. The van der Waals surface area contributed by atoms with Crippen molar-refractivity contribution in [2.45, 2.75) is 0 Å². The molecule has 3 nitrogen and oxygen atoms in total. The van der Waals surface area contributed by atoms with Crippen LogP contribution in [0.25, 0.3) is 0 Å². The number of anilines is 2. The minimum absolute atomic E-state index is 1.01. The first kappa shape index (κ1) is 12.1. The monoisotopic (exact) mass is 293 g/mol. The number of nitrogens with two attached hydrogens (primary N) is 1. The van der Waals surface area contributed by atoms with Crippen LogP contribution in [0.2, 0.25) is 0 Å². The Labute approximate surface area is 109 Å². The van der Waals surface area contributed by atoms with Crippen molar-refractivity contribution in [3.8, 4) is 0 Å². The number of hydrogen-bond donors (Lipinski definition) is 2. The Morgan fingerprint density at radius 1 is 1.12 bits per heavy atom. The van der Waals surface area contributed by atoms with Gasteiger partial charge in [-0.1, -0.05) is 34.1 Å². The molecule has 0 fully saturated rings. The molecule has 88 valence electrons. The predicted octanol–water partition coefficient (Wildman–Crippen LogP) is 2.95. The van der Waals surface area contributed by atoms with Gasteiger partial charge in [0.2, 0.25) is 0 Å². The van der Waals surface area contributed by atoms with Crippen LogP contribution in [-0.2, 0) is 4.84 Å². The first-order valence-corrected chi connectivity index (χ1v) is 6.06. The molecule has 2 aromatic carbocycles. The largest absolute Gasteiger partial charge is 0.351 e. The first-order valence-electron chi connectivity index (χ1n) is 5.27. The van der Waals surface area contributed by atoms with Crippen molar-refractivity contribution in [1.82, 2.24) is 0 Å². The minimum Gasteiger partial charge on any atom is -0.351 e. The lowest BCUT2D eigenvalue weighted by atomic mass is 10.2. The maximum absolute atomic E-state index is 5.07. The van der Waals surface area contributed by atoms with E-state index in [1.54, 1.807) is 12.6 Å². The number of halogens is 1. The zero-order valence-corrected chi connectivity index (χ0v) is 11.1. The van der Waals surface area contributed by atoms with Crippen molar-refractivity contribution in [3.63, 3.8) is 0 Å². The average molecular weight is 294 g/mol. The summed E-state index contributed by atoms with van der Waals surface area (Å²) in [5, 5.41) is 3.36. The number of rotatable bonds is 4. The molecular weight excluding hydrogens is 280 g/mol. The van der Waals surface area contributed by atoms with E-state index in [4.69, 9.17) is 4.84 Å². The normalized spacial score (nSPS) is 10.2. The molecule has 0 bridgehead atoms. The highest BCUT2D eigenvalue weighted by Gasteiger charge is 2.07. The molecule has 0 spiro atoms. The van der Waals surface area contributed by atoms with Crippen molar-refractivity contribution < 1.29 is 10.3 Å². The minimum atomic E-state index is 1.01. The SMILES string of the molecule is CO[NH2+]c1ccc(Br)cc1Nc1ccccc1. The van der Waals surface area contributed by atoms with Gasteiger partial charge < -0.3 is 5.32 Å². The number of benzene rings is 2. The van der Waals surface area contributed by atoms with E-state index in [1.165, 1.54) is 0 Å². The molecule has 0 amide bonds. The maximum atomic E-state index is 5.07. The standard InChI is InChI=1S/C13H13BrN2O/c1-17-16-12-8-7-10(14)9-13(12)15-11-5-3-2-4-6-11/h2-9,15-16H,1H3/p+1. The number of quaternary nitrogens is 1. The van der Waals surface area contributed by atoms with E-state index in [0.29, 0.717) is 0 Å². The number of nitrogens with one attached hydrogen (secondary N) is 1. The van der Waals surface area contributed by atoms with Gasteiger partial charge in [-0.15, -0.1) is 0 Å². The molecular formula is C13H14BrN2O+. The summed E-state index contributed by atoms with van der Waals surface area (Å²) >= 11 is 3.47. The molecule has 4 heteroatoms. The van der Waals surface area contributed by atoms with Crippen molar-refractivity contribution >= 4 is 33.0 Å². The van der Waals surface area contributed by atoms with Crippen molar-refractivity contribution in [2.24, 2.45) is 0 Å². The fraction of sp³-hybridized carbons (Fsp3) is 0.0769. The van der Waals surface area contributed by atoms with Crippen molar-refractivity contribution in [3.05, 3.63) is 53.0 Å². The number of hydrogen-bond acceptors (Lipinski definition) is 2. The second-order valence-corrected chi connectivity index (χ2v) is 4.49. The van der Waals surface area contributed by atoms with Gasteiger partial charge in [0.05, 0.1) is 7.11 Å². The maximum Gasteiger partial charge on any atom is 0.185 e. The Hall–Kier alpha value is -1.36. The first-order chi connectivity index (χ1) is 8.29. The van der Waals surface area contributed by atoms with Gasteiger partial charge in [0.15, 0.2) is 5.69 Å². The molecule has 0 aliphatic rings. The van der Waals surface area contributed by atoms with E-state index >= 15 is 0 Å². The van der Waals surface area contributed by atoms with Crippen LogP contribution in [0.15, 0.2) is 53.0 Å². The summed E-state index contributed by atoms with van der Waals surface area (Å²) < 4.78 is 1.03. The Kier molecular flexibility index (Phi) is 4.14. The highest BCUT2D eigenvalue weighted by Crippen LogP contribution is 2.25. The van der Waals surface area contributed by atoms with Crippen LogP contribution >= 0.6 is 15.9 Å². The van der Waals surface area contributed by atoms with E-state index < -0.39 is 0 Å². The Bertz CT molecular complexity index is 488. The van der Waals surface area contributed by atoms with Crippen LogP contribution in [0.5, 0.6) is 0 Å². The van der Waals surface area contributed by atoms with Crippen molar-refractivity contribution in [1.29, 1.82) is 0 Å². The number of para-hydroxylation sites is 1. The Morgan fingerprint density at radius 3 is 2.59 bits per heavy atom. The van der Waals surface area contributed by atoms with Crippen LogP contribution in [-0.4, -0.2) is 7.11 Å². The fourth-order valence-electron chi connectivity index (χ4n) is 1.54. The van der Waals surface area contributed by atoms with Gasteiger partial charge >= 0.3 is 0 Å². The van der Waals surface area contributed by atoms with Gasteiger partial charge in [0, 0.05) is 16.2 Å². The molecule has 0 heterocycles. The summed E-state index contributed by atoms with van der Waals surface area (Å²) in [5.74, 6) is 0. The zero-order valence-electron chi connectivity index (χ0n) is 9.48. The zero-order chi connectivity index (χ0) is 12.1. The summed E-state index contributed by atoms with van der Waals surface area (Å²) in [6.07, 6.45) is 0. The van der Waals surface area contributed by atoms with E-state index in [0.717, 1.165) is 21.5 Å². The molecule has 0 saturated heterocycles. The molecule has 2 aromatic rings. The van der Waals surface area contributed by atoms with Crippen molar-refractivity contribution in [2.75, 3.05) is 12.4 Å². The van der Waals surface area contributed by atoms with Crippen LogP contribution < -0.4 is 10.8 Å². The smallest absolute Gasteiger partial charge is 0.185 e. The quantitative estimate of drug-likeness (QED) is 0.672. The molecule has 17 heavy (non-hydrogen) atoms. The Morgan fingerprint density at radius 2 is 1.88 bits per heavy atom. The lowest BCUT2D eigenvalue weighted by molar-refractivity contribution is -0.829. The van der Waals surface area contributed by atoms with Gasteiger partial charge in [-0.25, -0.2) is 4.84 Å². The third-order valence-electron chi connectivity index (χ3n) is 2.31. The van der Waals surface area contributed by atoms with E-state index in [1.807, 2.05) is 48.5 Å². The van der Waals surface area contributed by atoms with Crippen LogP contribution in [0, 0.1) is 0 Å². The third kappa shape index (κ3) is 3.30. The summed E-state index contributed by atoms with van der Waals surface area (Å²) in [4.78, 5) is 5.07. The Balaban J connectivity index is 2.27. The topological polar surface area (TPSA) is 37.9 Å². The molecule has 0 aliphatic heterocycles. The summed E-state index contributed by atoms with van der Waals surface area (Å²) in [6.45, 7) is 0. The van der Waals surface area contributed by atoms with Crippen LogP contribution in [0.1, 0.15) is 0 Å². The molecule has 0 saturated carbocycles. The lowest BCUT2D eigenvalue weighted by Gasteiger charge is -2.09. The van der Waals surface area contributed by atoms with Gasteiger partial charge in [-0.05, 0) is 24.3 Å². The summed E-state index contributed by atoms with van der Waals surface area (Å²) in [7, 11) is 1.65. The van der Waals surface area contributed by atoms with E-state index in [9.17, 15) is 0 Å². The predicted molar refractivity (Wildman–Crippen MR) is 72.5 cm³/mol. The molecule has 0 unspecified atom stereocenters. The molecule has 3 N–H and O–H groups in total. The molecule has 0 radical (unpaired) electrons. The van der Waals surface area contributed by atoms with E-state index in [-0.39, 0.29) is 0 Å². The second kappa shape index (κ2) is 5.82. The average Bonchev–Trinajstić information content (AvgIpc) is 2.34. The van der Waals surface area contributed by atoms with Gasteiger partial charge in [0.1, 0.15) is 5.69 Å². The molecule has 0 atom stereocenters.